The van der Waals surface area contributed by atoms with E-state index >= 15 is 0 Å². The molecule has 0 unspecified atom stereocenters. The molecule has 6 nitrogen and oxygen atoms in total. The number of carbonyl (C=O) groups is 2. The molecule has 6 heteroatoms. The molecule has 2 amide bonds. The van der Waals surface area contributed by atoms with Gasteiger partial charge in [0.2, 0.25) is 11.8 Å². The number of methoxy groups -OCH3 is 1. The summed E-state index contributed by atoms with van der Waals surface area (Å²) in [4.78, 5) is 27.4. The van der Waals surface area contributed by atoms with Gasteiger partial charge in [0.1, 0.15) is 5.75 Å². The molecule has 0 fully saturated rings. The van der Waals surface area contributed by atoms with Crippen molar-refractivity contribution >= 4 is 11.8 Å². The summed E-state index contributed by atoms with van der Waals surface area (Å²) < 4.78 is 5.29. The first-order valence-corrected chi connectivity index (χ1v) is 7.73. The number of ether oxygens (including phenoxy) is 1. The molecule has 0 aliphatic heterocycles. The first-order chi connectivity index (χ1) is 10.9. The standard InChI is InChI=1S/C17H27N3O3/c1-14(21)20(12-15-8-5-6-9-16(15)23-4)13-17(22)18-10-7-11-19(2)3/h5-6,8-9H,7,10-13H2,1-4H3,(H,18,22). The molecule has 1 N–H and O–H groups in total. The van der Waals surface area contributed by atoms with E-state index < -0.39 is 0 Å². The van der Waals surface area contributed by atoms with Crippen LogP contribution in [0.15, 0.2) is 24.3 Å². The van der Waals surface area contributed by atoms with Crippen LogP contribution >= 0.6 is 0 Å². The van der Waals surface area contributed by atoms with Crippen molar-refractivity contribution in [3.05, 3.63) is 29.8 Å². The smallest absolute Gasteiger partial charge is 0.239 e. The first kappa shape index (κ1) is 19.0. The second kappa shape index (κ2) is 9.84. The number of nitrogens with one attached hydrogen (secondary N) is 1. The highest BCUT2D eigenvalue weighted by Crippen LogP contribution is 2.19. The Morgan fingerprint density at radius 1 is 1.22 bits per heavy atom. The second-order valence-electron chi connectivity index (χ2n) is 5.69. The van der Waals surface area contributed by atoms with Gasteiger partial charge >= 0.3 is 0 Å². The van der Waals surface area contributed by atoms with Gasteiger partial charge in [-0.25, -0.2) is 0 Å². The van der Waals surface area contributed by atoms with Crippen LogP contribution in [-0.2, 0) is 16.1 Å². The summed E-state index contributed by atoms with van der Waals surface area (Å²) in [7, 11) is 5.58. The van der Waals surface area contributed by atoms with Crippen LogP contribution in [0, 0.1) is 0 Å². The molecular weight excluding hydrogens is 294 g/mol. The topological polar surface area (TPSA) is 61.9 Å². The van der Waals surface area contributed by atoms with Gasteiger partial charge in [-0.05, 0) is 33.1 Å². The van der Waals surface area contributed by atoms with Crippen molar-refractivity contribution in [3.8, 4) is 5.75 Å². The van der Waals surface area contributed by atoms with E-state index in [1.54, 1.807) is 7.11 Å². The largest absolute Gasteiger partial charge is 0.496 e. The van der Waals surface area contributed by atoms with Crippen LogP contribution < -0.4 is 10.1 Å². The molecule has 1 rings (SSSR count). The fraction of sp³-hybridized carbons (Fsp3) is 0.529. The average molecular weight is 321 g/mol. The van der Waals surface area contributed by atoms with Crippen LogP contribution in [0.5, 0.6) is 5.75 Å². The highest BCUT2D eigenvalue weighted by atomic mass is 16.5. The molecule has 0 aliphatic carbocycles. The van der Waals surface area contributed by atoms with E-state index in [-0.39, 0.29) is 18.4 Å². The number of benzene rings is 1. The summed E-state index contributed by atoms with van der Waals surface area (Å²) >= 11 is 0. The van der Waals surface area contributed by atoms with Gasteiger partial charge in [-0.3, -0.25) is 9.59 Å². The Morgan fingerprint density at radius 3 is 2.52 bits per heavy atom. The average Bonchev–Trinajstić information content (AvgIpc) is 2.51. The van der Waals surface area contributed by atoms with Crippen LogP contribution in [-0.4, -0.2) is 62.5 Å². The Morgan fingerprint density at radius 2 is 1.91 bits per heavy atom. The third-order valence-corrected chi connectivity index (χ3v) is 3.44. The van der Waals surface area contributed by atoms with Gasteiger partial charge in [0.05, 0.1) is 13.7 Å². The van der Waals surface area contributed by atoms with Crippen LogP contribution in [0.2, 0.25) is 0 Å². The first-order valence-electron chi connectivity index (χ1n) is 7.73. The molecule has 0 atom stereocenters. The second-order valence-corrected chi connectivity index (χ2v) is 5.69. The summed E-state index contributed by atoms with van der Waals surface area (Å²) in [6, 6.07) is 7.49. The predicted molar refractivity (Wildman–Crippen MR) is 90.3 cm³/mol. The molecule has 0 spiro atoms. The number of amides is 2. The lowest BCUT2D eigenvalue weighted by Crippen LogP contribution is -2.40. The molecule has 0 saturated carbocycles. The third kappa shape index (κ3) is 7.15. The van der Waals surface area contributed by atoms with Crippen molar-refractivity contribution in [3.63, 3.8) is 0 Å². The fourth-order valence-electron chi connectivity index (χ4n) is 2.17. The zero-order valence-electron chi connectivity index (χ0n) is 14.5. The monoisotopic (exact) mass is 321 g/mol. The van der Waals surface area contributed by atoms with E-state index in [0.29, 0.717) is 18.8 Å². The molecule has 0 heterocycles. The van der Waals surface area contributed by atoms with E-state index in [0.717, 1.165) is 18.5 Å². The van der Waals surface area contributed by atoms with Gasteiger partial charge in [-0.15, -0.1) is 0 Å². The Balaban J connectivity index is 2.55. The van der Waals surface area contributed by atoms with Crippen molar-refractivity contribution < 1.29 is 14.3 Å². The zero-order chi connectivity index (χ0) is 17.2. The van der Waals surface area contributed by atoms with Crippen molar-refractivity contribution in [2.75, 3.05) is 40.8 Å². The van der Waals surface area contributed by atoms with Crippen molar-refractivity contribution in [2.24, 2.45) is 0 Å². The lowest BCUT2D eigenvalue weighted by molar-refractivity contribution is -0.134. The Kier molecular flexibility index (Phi) is 8.11. The maximum absolute atomic E-state index is 12.0. The number of nitrogens with zero attached hydrogens (tertiary/aromatic N) is 2. The summed E-state index contributed by atoms with van der Waals surface area (Å²) in [5.41, 5.74) is 0.880. The van der Waals surface area contributed by atoms with Crippen molar-refractivity contribution in [2.45, 2.75) is 19.9 Å². The molecular formula is C17H27N3O3. The summed E-state index contributed by atoms with van der Waals surface area (Å²) in [5.74, 6) is 0.429. The van der Waals surface area contributed by atoms with E-state index in [1.807, 2.05) is 38.4 Å². The zero-order valence-corrected chi connectivity index (χ0v) is 14.5. The van der Waals surface area contributed by atoms with Crippen molar-refractivity contribution in [1.82, 2.24) is 15.1 Å². The highest BCUT2D eigenvalue weighted by molar-refractivity contribution is 5.83. The number of hydrogen-bond donors (Lipinski definition) is 1. The predicted octanol–water partition coefficient (Wildman–Crippen LogP) is 1.11. The fourth-order valence-corrected chi connectivity index (χ4v) is 2.17. The van der Waals surface area contributed by atoms with E-state index in [2.05, 4.69) is 10.2 Å². The molecule has 23 heavy (non-hydrogen) atoms. The Labute approximate surface area is 138 Å². The normalized spacial score (nSPS) is 10.5. The minimum atomic E-state index is -0.145. The van der Waals surface area contributed by atoms with Crippen LogP contribution in [0.4, 0.5) is 0 Å². The Bertz CT molecular complexity index is 518. The summed E-state index contributed by atoms with van der Waals surface area (Å²) in [6.07, 6.45) is 0.880. The van der Waals surface area contributed by atoms with Gasteiger partial charge < -0.3 is 19.9 Å². The molecule has 128 valence electrons. The molecule has 0 radical (unpaired) electrons. The minimum absolute atomic E-state index is 0.0509. The SMILES string of the molecule is COc1ccccc1CN(CC(=O)NCCCN(C)C)C(C)=O. The Hall–Kier alpha value is -2.08. The molecule has 0 bridgehead atoms. The number of carbonyl (C=O) groups excluding carboxylic acids is 2. The van der Waals surface area contributed by atoms with Gasteiger partial charge in [0.15, 0.2) is 0 Å². The number of para-hydroxylation sites is 1. The number of rotatable bonds is 9. The van der Waals surface area contributed by atoms with E-state index in [1.165, 1.54) is 11.8 Å². The molecule has 1 aromatic rings. The van der Waals surface area contributed by atoms with Gasteiger partial charge in [0, 0.05) is 25.6 Å². The summed E-state index contributed by atoms with van der Waals surface area (Å²) in [6.45, 7) is 3.39. The van der Waals surface area contributed by atoms with Gasteiger partial charge in [0.25, 0.3) is 0 Å². The lowest BCUT2D eigenvalue weighted by atomic mass is 10.2. The van der Waals surface area contributed by atoms with E-state index in [4.69, 9.17) is 4.74 Å². The maximum Gasteiger partial charge on any atom is 0.239 e. The van der Waals surface area contributed by atoms with E-state index in [9.17, 15) is 9.59 Å². The third-order valence-electron chi connectivity index (χ3n) is 3.44. The molecule has 0 saturated heterocycles. The van der Waals surface area contributed by atoms with Crippen LogP contribution in [0.1, 0.15) is 18.9 Å². The highest BCUT2D eigenvalue weighted by Gasteiger charge is 2.15. The van der Waals surface area contributed by atoms with Crippen LogP contribution in [0.25, 0.3) is 0 Å². The quantitative estimate of drug-likeness (QED) is 0.692. The maximum atomic E-state index is 12.0. The number of hydrogen-bond acceptors (Lipinski definition) is 4. The molecule has 0 aromatic heterocycles. The van der Waals surface area contributed by atoms with Gasteiger partial charge in [-0.1, -0.05) is 18.2 Å². The van der Waals surface area contributed by atoms with Gasteiger partial charge in [-0.2, -0.15) is 0 Å². The van der Waals surface area contributed by atoms with Crippen LogP contribution in [0.3, 0.4) is 0 Å². The van der Waals surface area contributed by atoms with Crippen molar-refractivity contribution in [1.29, 1.82) is 0 Å². The minimum Gasteiger partial charge on any atom is -0.496 e. The lowest BCUT2D eigenvalue weighted by Gasteiger charge is -2.22. The molecule has 0 aliphatic rings. The molecule has 1 aromatic carbocycles. The summed E-state index contributed by atoms with van der Waals surface area (Å²) in [5, 5.41) is 2.85.